The molecule has 0 atom stereocenters. The number of hydrogen-bond donors (Lipinski definition) is 0. The zero-order valence-corrected chi connectivity index (χ0v) is 19.3. The lowest BCUT2D eigenvalue weighted by atomic mass is 10.0. The number of amides is 1. The topological polar surface area (TPSA) is 32.8 Å². The molecule has 1 heterocycles. The second kappa shape index (κ2) is 10.6. The highest BCUT2D eigenvalue weighted by molar-refractivity contribution is 5.83. The van der Waals surface area contributed by atoms with Crippen LogP contribution in [0.3, 0.4) is 0 Å². The van der Waals surface area contributed by atoms with Gasteiger partial charge in [-0.2, -0.15) is 0 Å². The number of piperazine rings is 1. The Morgan fingerprint density at radius 3 is 2.38 bits per heavy atom. The Bertz CT molecular complexity index is 1050. The number of aryl methyl sites for hydroxylation is 1. The number of carbonyl (C=O) groups is 1. The molecule has 0 radical (unpaired) electrons. The zero-order valence-electron chi connectivity index (χ0n) is 19.3. The Balaban J connectivity index is 1.38. The Kier molecular flexibility index (Phi) is 7.43. The van der Waals surface area contributed by atoms with E-state index in [1.807, 2.05) is 4.90 Å². The summed E-state index contributed by atoms with van der Waals surface area (Å²) < 4.78 is 6.31. The molecule has 3 aromatic rings. The number of ether oxygens (including phenoxy) is 1. The first-order valence-corrected chi connectivity index (χ1v) is 11.8. The first-order valence-electron chi connectivity index (χ1n) is 11.8. The third-order valence-electron chi connectivity index (χ3n) is 6.34. The minimum absolute atomic E-state index is 0.177. The summed E-state index contributed by atoms with van der Waals surface area (Å²) in [6.45, 7) is 8.93. The van der Waals surface area contributed by atoms with Crippen LogP contribution in [-0.4, -0.2) is 48.5 Å². The van der Waals surface area contributed by atoms with E-state index in [9.17, 15) is 4.79 Å². The van der Waals surface area contributed by atoms with Crippen molar-refractivity contribution in [1.29, 1.82) is 0 Å². The van der Waals surface area contributed by atoms with Gasteiger partial charge in [-0.05, 0) is 39.9 Å². The Hall–Kier alpha value is -2.85. The first-order chi connectivity index (χ1) is 15.6. The van der Waals surface area contributed by atoms with Crippen molar-refractivity contribution in [3.05, 3.63) is 77.4 Å². The van der Waals surface area contributed by atoms with Crippen LogP contribution in [0.4, 0.5) is 0 Å². The van der Waals surface area contributed by atoms with Gasteiger partial charge in [-0.3, -0.25) is 9.69 Å². The van der Waals surface area contributed by atoms with Crippen LogP contribution >= 0.6 is 0 Å². The molecule has 3 aromatic carbocycles. The summed E-state index contributed by atoms with van der Waals surface area (Å²) in [6, 6.07) is 21.8. The summed E-state index contributed by atoms with van der Waals surface area (Å²) in [5, 5.41) is 2.56. The second-order valence-electron chi connectivity index (χ2n) is 8.75. The minimum atomic E-state index is 0.177. The van der Waals surface area contributed by atoms with E-state index in [-0.39, 0.29) is 5.91 Å². The molecular weight excluding hydrogens is 396 g/mol. The van der Waals surface area contributed by atoms with Gasteiger partial charge in [0.15, 0.2) is 0 Å². The molecule has 1 aliphatic rings. The fourth-order valence-electron chi connectivity index (χ4n) is 4.46. The van der Waals surface area contributed by atoms with Crippen molar-refractivity contribution in [2.75, 3.05) is 32.8 Å². The molecule has 32 heavy (non-hydrogen) atoms. The maximum Gasteiger partial charge on any atom is 0.219 e. The van der Waals surface area contributed by atoms with Crippen LogP contribution in [0.1, 0.15) is 37.0 Å². The maximum atomic E-state index is 11.6. The Morgan fingerprint density at radius 1 is 0.875 bits per heavy atom. The number of hydrogen-bond acceptors (Lipinski definition) is 3. The van der Waals surface area contributed by atoms with Crippen molar-refractivity contribution in [3.8, 4) is 5.75 Å². The van der Waals surface area contributed by atoms with Gasteiger partial charge < -0.3 is 9.64 Å². The van der Waals surface area contributed by atoms with Crippen molar-refractivity contribution in [3.63, 3.8) is 0 Å². The molecule has 1 fully saturated rings. The summed E-state index contributed by atoms with van der Waals surface area (Å²) in [4.78, 5) is 15.9. The highest BCUT2D eigenvalue weighted by atomic mass is 16.5. The molecule has 4 nitrogen and oxygen atoms in total. The van der Waals surface area contributed by atoms with Crippen molar-refractivity contribution in [2.45, 2.75) is 39.7 Å². The van der Waals surface area contributed by atoms with Crippen LogP contribution in [0.5, 0.6) is 5.75 Å². The Morgan fingerprint density at radius 2 is 1.62 bits per heavy atom. The van der Waals surface area contributed by atoms with Gasteiger partial charge in [0.05, 0.1) is 6.61 Å². The number of carbonyl (C=O) groups excluding carboxylic acids is 1. The van der Waals surface area contributed by atoms with E-state index in [1.165, 1.54) is 27.5 Å². The number of benzene rings is 3. The second-order valence-corrected chi connectivity index (χ2v) is 8.75. The van der Waals surface area contributed by atoms with E-state index in [0.717, 1.165) is 57.7 Å². The first kappa shape index (κ1) is 22.3. The number of rotatable bonds is 8. The molecule has 0 N–H and O–H groups in total. The lowest BCUT2D eigenvalue weighted by Gasteiger charge is -2.34. The van der Waals surface area contributed by atoms with Gasteiger partial charge in [-0.15, -0.1) is 0 Å². The molecule has 1 amide bonds. The van der Waals surface area contributed by atoms with Gasteiger partial charge in [0.2, 0.25) is 5.91 Å². The van der Waals surface area contributed by atoms with E-state index in [2.05, 4.69) is 72.5 Å². The normalized spacial score (nSPS) is 14.6. The smallest absolute Gasteiger partial charge is 0.219 e. The quantitative estimate of drug-likeness (QED) is 0.500. The van der Waals surface area contributed by atoms with Crippen LogP contribution in [0.15, 0.2) is 60.7 Å². The molecule has 0 saturated carbocycles. The van der Waals surface area contributed by atoms with Crippen LogP contribution in [0.2, 0.25) is 0 Å². The van der Waals surface area contributed by atoms with Crippen LogP contribution in [-0.2, 0) is 24.2 Å². The standard InChI is InChI=1S/C28H34N2O2/c1-3-6-26-12-10-24(21-29-14-16-30(17-15-29)22(2)31)20-28(26)32-18-13-23-9-11-25-7-4-5-8-27(25)19-23/h4-5,7-12,19-20H,3,6,13-18,21H2,1-2H3. The molecule has 0 aromatic heterocycles. The third kappa shape index (κ3) is 5.68. The summed E-state index contributed by atoms with van der Waals surface area (Å²) in [6.07, 6.45) is 3.03. The van der Waals surface area contributed by atoms with Crippen molar-refractivity contribution in [1.82, 2.24) is 9.80 Å². The summed E-state index contributed by atoms with van der Waals surface area (Å²) in [5.41, 5.74) is 3.87. The van der Waals surface area contributed by atoms with Crippen LogP contribution < -0.4 is 4.74 Å². The number of fused-ring (bicyclic) bond motifs is 1. The third-order valence-corrected chi connectivity index (χ3v) is 6.34. The molecule has 4 heteroatoms. The lowest BCUT2D eigenvalue weighted by molar-refractivity contribution is -0.130. The average Bonchev–Trinajstić information content (AvgIpc) is 2.81. The van der Waals surface area contributed by atoms with Gasteiger partial charge >= 0.3 is 0 Å². The molecule has 1 saturated heterocycles. The monoisotopic (exact) mass is 430 g/mol. The van der Waals surface area contributed by atoms with Gasteiger partial charge in [0.1, 0.15) is 5.75 Å². The molecule has 0 unspecified atom stereocenters. The molecule has 1 aliphatic heterocycles. The van der Waals surface area contributed by atoms with E-state index in [4.69, 9.17) is 4.74 Å². The van der Waals surface area contributed by atoms with Crippen LogP contribution in [0, 0.1) is 0 Å². The largest absolute Gasteiger partial charge is 0.493 e. The van der Waals surface area contributed by atoms with Crippen molar-refractivity contribution >= 4 is 16.7 Å². The highest BCUT2D eigenvalue weighted by Gasteiger charge is 2.19. The average molecular weight is 431 g/mol. The SMILES string of the molecule is CCCc1ccc(CN2CCN(C(C)=O)CC2)cc1OCCc1ccc2ccccc2c1. The molecular formula is C28H34N2O2. The summed E-state index contributed by atoms with van der Waals surface area (Å²) >= 11 is 0. The molecule has 0 bridgehead atoms. The maximum absolute atomic E-state index is 11.6. The fourth-order valence-corrected chi connectivity index (χ4v) is 4.46. The van der Waals surface area contributed by atoms with Crippen molar-refractivity contribution in [2.24, 2.45) is 0 Å². The number of nitrogens with zero attached hydrogens (tertiary/aromatic N) is 2. The lowest BCUT2D eigenvalue weighted by Crippen LogP contribution is -2.47. The summed E-state index contributed by atoms with van der Waals surface area (Å²) in [7, 11) is 0. The summed E-state index contributed by atoms with van der Waals surface area (Å²) in [5.74, 6) is 1.20. The predicted molar refractivity (Wildman–Crippen MR) is 131 cm³/mol. The van der Waals surface area contributed by atoms with E-state index < -0.39 is 0 Å². The van der Waals surface area contributed by atoms with E-state index >= 15 is 0 Å². The van der Waals surface area contributed by atoms with Crippen molar-refractivity contribution < 1.29 is 9.53 Å². The van der Waals surface area contributed by atoms with Gasteiger partial charge in [0, 0.05) is 46.1 Å². The van der Waals surface area contributed by atoms with Crippen LogP contribution in [0.25, 0.3) is 10.8 Å². The highest BCUT2D eigenvalue weighted by Crippen LogP contribution is 2.24. The molecule has 0 spiro atoms. The fraction of sp³-hybridized carbons (Fsp3) is 0.393. The van der Waals surface area contributed by atoms with E-state index in [0.29, 0.717) is 6.61 Å². The molecule has 168 valence electrons. The van der Waals surface area contributed by atoms with E-state index in [1.54, 1.807) is 6.92 Å². The molecule has 4 rings (SSSR count). The molecule has 0 aliphatic carbocycles. The van der Waals surface area contributed by atoms with Gasteiger partial charge in [-0.1, -0.05) is 67.9 Å². The minimum Gasteiger partial charge on any atom is -0.493 e. The van der Waals surface area contributed by atoms with Gasteiger partial charge in [-0.25, -0.2) is 0 Å². The Labute approximate surface area is 191 Å². The predicted octanol–water partition coefficient (Wildman–Crippen LogP) is 5.08. The van der Waals surface area contributed by atoms with Gasteiger partial charge in [0.25, 0.3) is 0 Å². The zero-order chi connectivity index (χ0) is 22.3.